The number of hydrogen-bond donors (Lipinski definition) is 0. The van der Waals surface area contributed by atoms with Crippen LogP contribution in [-0.2, 0) is 4.79 Å². The van der Waals surface area contributed by atoms with Gasteiger partial charge in [-0.25, -0.2) is 0 Å². The van der Waals surface area contributed by atoms with E-state index in [1.165, 1.54) is 0 Å². The van der Waals surface area contributed by atoms with Gasteiger partial charge in [-0.3, -0.25) is 9.78 Å². The summed E-state index contributed by atoms with van der Waals surface area (Å²) in [6.45, 7) is 4.71. The minimum absolute atomic E-state index is 0.00172. The molecule has 0 spiro atoms. The average molecular weight is 463 g/mol. The second-order valence-electron chi connectivity index (χ2n) is 8.59. The number of benzene rings is 1. The van der Waals surface area contributed by atoms with Crippen molar-refractivity contribution in [2.75, 3.05) is 49.1 Å². The second-order valence-corrected chi connectivity index (χ2v) is 9.03. The highest BCUT2D eigenvalue weighted by Gasteiger charge is 2.31. The summed E-state index contributed by atoms with van der Waals surface area (Å²) in [5.74, 6) is 1.08. The van der Waals surface area contributed by atoms with Gasteiger partial charge in [-0.15, -0.1) is 10.2 Å². The van der Waals surface area contributed by atoms with Crippen molar-refractivity contribution < 1.29 is 4.79 Å². The summed E-state index contributed by atoms with van der Waals surface area (Å²) < 4.78 is 0. The summed E-state index contributed by atoms with van der Waals surface area (Å²) in [4.78, 5) is 23.8. The van der Waals surface area contributed by atoms with Crippen LogP contribution in [0.4, 0.5) is 11.5 Å². The third-order valence-electron chi connectivity index (χ3n) is 6.49. The Morgan fingerprint density at radius 3 is 2.45 bits per heavy atom. The maximum absolute atomic E-state index is 13.3. The Bertz CT molecular complexity index is 1090. The maximum Gasteiger partial charge on any atom is 0.227 e. The van der Waals surface area contributed by atoms with Gasteiger partial charge in [0.2, 0.25) is 5.91 Å². The molecule has 2 aliphatic rings. The Kier molecular flexibility index (Phi) is 6.39. The Hall–Kier alpha value is -3.19. The Balaban J connectivity index is 1.19. The number of piperazine rings is 1. The van der Waals surface area contributed by atoms with Crippen molar-refractivity contribution in [1.82, 2.24) is 20.1 Å². The van der Waals surface area contributed by atoms with E-state index in [2.05, 4.69) is 31.0 Å². The number of rotatable bonds is 4. The van der Waals surface area contributed by atoms with Gasteiger partial charge in [0.1, 0.15) is 0 Å². The van der Waals surface area contributed by atoms with Crippen LogP contribution in [0.3, 0.4) is 0 Å². The highest BCUT2D eigenvalue weighted by atomic mass is 35.5. The molecule has 7 nitrogen and oxygen atoms in total. The van der Waals surface area contributed by atoms with Crippen LogP contribution in [0.25, 0.3) is 11.3 Å². The molecule has 0 bridgehead atoms. The molecule has 0 aliphatic carbocycles. The molecule has 2 saturated heterocycles. The summed E-state index contributed by atoms with van der Waals surface area (Å²) in [7, 11) is 0. The molecule has 2 aliphatic heterocycles. The van der Waals surface area contributed by atoms with Crippen molar-refractivity contribution in [3.63, 3.8) is 0 Å². The number of nitrogens with zero attached hydrogens (tertiary/aromatic N) is 6. The molecule has 1 amide bonds. The summed E-state index contributed by atoms with van der Waals surface area (Å²) in [6, 6.07) is 15.7. The van der Waals surface area contributed by atoms with Crippen LogP contribution in [0.1, 0.15) is 12.8 Å². The molecule has 1 atom stereocenters. The van der Waals surface area contributed by atoms with Crippen LogP contribution < -0.4 is 9.80 Å². The summed E-state index contributed by atoms with van der Waals surface area (Å²) in [6.07, 6.45) is 5.40. The number of carbonyl (C=O) groups excluding carboxylic acids is 1. The zero-order chi connectivity index (χ0) is 22.6. The largest absolute Gasteiger partial charge is 0.368 e. The van der Waals surface area contributed by atoms with E-state index in [-0.39, 0.29) is 11.8 Å². The molecule has 0 saturated carbocycles. The van der Waals surface area contributed by atoms with E-state index in [0.29, 0.717) is 6.54 Å². The van der Waals surface area contributed by atoms with E-state index >= 15 is 0 Å². The Labute approximate surface area is 199 Å². The van der Waals surface area contributed by atoms with Crippen molar-refractivity contribution in [2.45, 2.75) is 12.8 Å². The number of anilines is 2. The predicted molar refractivity (Wildman–Crippen MR) is 130 cm³/mol. The first-order valence-corrected chi connectivity index (χ1v) is 11.8. The van der Waals surface area contributed by atoms with Crippen LogP contribution >= 0.6 is 11.6 Å². The molecule has 3 aromatic rings. The van der Waals surface area contributed by atoms with Crippen LogP contribution in [0.15, 0.2) is 60.9 Å². The fraction of sp³-hybridized carbons (Fsp3) is 0.360. The number of amides is 1. The third kappa shape index (κ3) is 4.93. The monoisotopic (exact) mass is 462 g/mol. The standard InChI is InChI=1S/C25H27ClN6O/c26-21-4-1-5-22(17-21)30-13-15-31(16-14-30)25(33)20-3-2-12-32(18-20)24-7-6-23(28-29-24)19-8-10-27-11-9-19/h1,4-11,17,20H,2-3,12-16,18H2. The molecule has 170 valence electrons. The second kappa shape index (κ2) is 9.75. The van der Waals surface area contributed by atoms with E-state index in [1.54, 1.807) is 12.4 Å². The zero-order valence-electron chi connectivity index (χ0n) is 18.5. The molecule has 1 unspecified atom stereocenters. The smallest absolute Gasteiger partial charge is 0.227 e. The Morgan fingerprint density at radius 1 is 0.909 bits per heavy atom. The molecule has 5 rings (SSSR count). The lowest BCUT2D eigenvalue weighted by atomic mass is 9.96. The SMILES string of the molecule is O=C(C1CCCN(c2ccc(-c3ccncc3)nn2)C1)N1CCN(c2cccc(Cl)c2)CC1. The van der Waals surface area contributed by atoms with E-state index in [0.717, 1.165) is 73.4 Å². The topological polar surface area (TPSA) is 65.5 Å². The van der Waals surface area contributed by atoms with Crippen LogP contribution in [0.5, 0.6) is 0 Å². The first kappa shape index (κ1) is 21.6. The van der Waals surface area contributed by atoms with Gasteiger partial charge in [-0.2, -0.15) is 0 Å². The van der Waals surface area contributed by atoms with Crippen molar-refractivity contribution in [3.8, 4) is 11.3 Å². The quantitative estimate of drug-likeness (QED) is 0.588. The van der Waals surface area contributed by atoms with E-state index in [4.69, 9.17) is 11.6 Å². The fourth-order valence-electron chi connectivity index (χ4n) is 4.67. The lowest BCUT2D eigenvalue weighted by Gasteiger charge is -2.40. The molecular formula is C25H27ClN6O. The number of pyridine rings is 1. The maximum atomic E-state index is 13.3. The summed E-state index contributed by atoms with van der Waals surface area (Å²) >= 11 is 6.14. The fourth-order valence-corrected chi connectivity index (χ4v) is 4.86. The van der Waals surface area contributed by atoms with Gasteiger partial charge in [0, 0.05) is 67.9 Å². The van der Waals surface area contributed by atoms with Gasteiger partial charge in [0.25, 0.3) is 0 Å². The lowest BCUT2D eigenvalue weighted by molar-refractivity contribution is -0.136. The van der Waals surface area contributed by atoms with Crippen molar-refractivity contribution in [3.05, 3.63) is 65.9 Å². The number of halogens is 1. The van der Waals surface area contributed by atoms with Crippen LogP contribution in [-0.4, -0.2) is 65.3 Å². The number of piperidine rings is 1. The number of aromatic nitrogens is 3. The average Bonchev–Trinajstić information content (AvgIpc) is 2.89. The number of carbonyl (C=O) groups is 1. The lowest BCUT2D eigenvalue weighted by Crippen LogP contribution is -2.52. The highest BCUT2D eigenvalue weighted by Crippen LogP contribution is 2.26. The van der Waals surface area contributed by atoms with E-state index in [1.807, 2.05) is 47.4 Å². The molecule has 0 radical (unpaired) electrons. The van der Waals surface area contributed by atoms with Gasteiger partial charge >= 0.3 is 0 Å². The van der Waals surface area contributed by atoms with Crippen molar-refractivity contribution in [1.29, 1.82) is 0 Å². The van der Waals surface area contributed by atoms with Gasteiger partial charge in [-0.05, 0) is 55.3 Å². The first-order chi connectivity index (χ1) is 16.2. The van der Waals surface area contributed by atoms with Crippen LogP contribution in [0, 0.1) is 5.92 Å². The van der Waals surface area contributed by atoms with Gasteiger partial charge in [-0.1, -0.05) is 17.7 Å². The van der Waals surface area contributed by atoms with Crippen molar-refractivity contribution >= 4 is 29.0 Å². The minimum Gasteiger partial charge on any atom is -0.368 e. The molecule has 4 heterocycles. The molecule has 8 heteroatoms. The predicted octanol–water partition coefficient (Wildman–Crippen LogP) is 3.76. The molecule has 0 N–H and O–H groups in total. The molecule has 2 fully saturated rings. The van der Waals surface area contributed by atoms with E-state index < -0.39 is 0 Å². The summed E-state index contributed by atoms with van der Waals surface area (Å²) in [5, 5.41) is 9.59. The zero-order valence-corrected chi connectivity index (χ0v) is 19.2. The van der Waals surface area contributed by atoms with Crippen LogP contribution in [0.2, 0.25) is 5.02 Å². The minimum atomic E-state index is -0.00172. The van der Waals surface area contributed by atoms with Gasteiger partial charge < -0.3 is 14.7 Å². The van der Waals surface area contributed by atoms with Gasteiger partial charge in [0.15, 0.2) is 5.82 Å². The normalized spacial score (nSPS) is 18.9. The number of hydrogen-bond acceptors (Lipinski definition) is 6. The first-order valence-electron chi connectivity index (χ1n) is 11.5. The molecule has 2 aromatic heterocycles. The summed E-state index contributed by atoms with van der Waals surface area (Å²) in [5.41, 5.74) is 2.93. The Morgan fingerprint density at radius 2 is 1.73 bits per heavy atom. The van der Waals surface area contributed by atoms with Gasteiger partial charge in [0.05, 0.1) is 11.6 Å². The third-order valence-corrected chi connectivity index (χ3v) is 6.72. The van der Waals surface area contributed by atoms with Crippen molar-refractivity contribution in [2.24, 2.45) is 5.92 Å². The molecule has 1 aromatic carbocycles. The highest BCUT2D eigenvalue weighted by molar-refractivity contribution is 6.30. The molecule has 33 heavy (non-hydrogen) atoms. The van der Waals surface area contributed by atoms with E-state index in [9.17, 15) is 4.79 Å². The molecular weight excluding hydrogens is 436 g/mol.